The number of nitrogens with zero attached hydrogens (tertiary/aromatic N) is 1. The fourth-order valence-corrected chi connectivity index (χ4v) is 8.43. The summed E-state index contributed by atoms with van der Waals surface area (Å²) in [4.78, 5) is 13.3. The van der Waals surface area contributed by atoms with Crippen molar-refractivity contribution in [1.29, 1.82) is 0 Å². The van der Waals surface area contributed by atoms with Crippen LogP contribution in [-0.2, 0) is 14.8 Å². The van der Waals surface area contributed by atoms with Crippen LogP contribution < -0.4 is 0 Å². The molecule has 1 aliphatic heterocycles. The van der Waals surface area contributed by atoms with Gasteiger partial charge in [0.05, 0.1) is 17.7 Å². The molecule has 1 amide bonds. The summed E-state index contributed by atoms with van der Waals surface area (Å²) >= 11 is 0. The summed E-state index contributed by atoms with van der Waals surface area (Å²) in [5.41, 5.74) is 0.857. The molecule has 3 fully saturated rings. The quantitative estimate of drug-likeness (QED) is 0.687. The maximum atomic E-state index is 13.3. The van der Waals surface area contributed by atoms with Gasteiger partial charge in [-0.15, -0.1) is 0 Å². The van der Waals surface area contributed by atoms with Crippen LogP contribution >= 0.6 is 0 Å². The lowest BCUT2D eigenvalue weighted by molar-refractivity contribution is -0.132. The Bertz CT molecular complexity index is 690. The first-order valence-corrected chi connectivity index (χ1v) is 11.4. The van der Waals surface area contributed by atoms with Gasteiger partial charge in [-0.05, 0) is 50.9 Å². The maximum absolute atomic E-state index is 13.3. The highest BCUT2D eigenvalue weighted by Gasteiger charge is 2.72. The lowest BCUT2D eigenvalue weighted by atomic mass is 9.69. The molecule has 2 saturated carbocycles. The molecule has 25 heavy (non-hydrogen) atoms. The average Bonchev–Trinajstić information content (AvgIpc) is 2.97. The molecule has 0 radical (unpaired) electrons. The molecule has 2 bridgehead atoms. The van der Waals surface area contributed by atoms with Crippen LogP contribution in [-0.4, -0.2) is 30.4 Å². The van der Waals surface area contributed by atoms with Crippen molar-refractivity contribution in [2.24, 2.45) is 22.7 Å². The molecule has 4 atom stereocenters. The van der Waals surface area contributed by atoms with Gasteiger partial charge in [-0.3, -0.25) is 4.79 Å². The average molecular weight is 368 g/mol. The Morgan fingerprint density at radius 2 is 2.00 bits per heavy atom. The summed E-state index contributed by atoms with van der Waals surface area (Å²) in [6.07, 6.45) is 7.56. The van der Waals surface area contributed by atoms with Crippen LogP contribution in [0.25, 0.3) is 0 Å². The molecule has 5 heteroatoms. The van der Waals surface area contributed by atoms with Gasteiger partial charge in [-0.2, -0.15) is 0 Å². The van der Waals surface area contributed by atoms with E-state index in [0.717, 1.165) is 44.1 Å². The monoisotopic (exact) mass is 367 g/mol. The van der Waals surface area contributed by atoms with Gasteiger partial charge in [-0.25, -0.2) is 12.7 Å². The number of unbranched alkanes of at least 4 members (excludes halogenated alkanes) is 1. The van der Waals surface area contributed by atoms with Gasteiger partial charge in [0.15, 0.2) is 0 Å². The molecule has 3 aliphatic rings. The first kappa shape index (κ1) is 18.9. The first-order valence-electron chi connectivity index (χ1n) is 9.78. The maximum Gasteiger partial charge on any atom is 0.243 e. The molecule has 142 valence electrons. The summed E-state index contributed by atoms with van der Waals surface area (Å²) in [6, 6.07) is -0.117. The predicted octanol–water partition coefficient (Wildman–Crippen LogP) is 4.13. The van der Waals surface area contributed by atoms with Gasteiger partial charge in [-0.1, -0.05) is 45.3 Å². The second kappa shape index (κ2) is 6.11. The summed E-state index contributed by atoms with van der Waals surface area (Å²) in [5.74, 6) is 0.215. The SMILES string of the molecule is CCCC[C@H](C=C(C)C)C(=O)N1[C@@H]2C[C@H]3CC[C@]2(CS1(=O)=O)C3(C)C. The lowest BCUT2D eigenvalue weighted by Gasteiger charge is -2.37. The van der Waals surface area contributed by atoms with E-state index < -0.39 is 10.0 Å². The summed E-state index contributed by atoms with van der Waals surface area (Å²) in [7, 11) is -3.51. The zero-order valence-corrected chi connectivity index (χ0v) is 17.2. The van der Waals surface area contributed by atoms with Crippen LogP contribution in [0.2, 0.25) is 0 Å². The van der Waals surface area contributed by atoms with Crippen LogP contribution in [0, 0.1) is 22.7 Å². The van der Waals surface area contributed by atoms with Crippen molar-refractivity contribution in [1.82, 2.24) is 4.31 Å². The van der Waals surface area contributed by atoms with E-state index >= 15 is 0 Å². The van der Waals surface area contributed by atoms with Crippen LogP contribution in [0.15, 0.2) is 11.6 Å². The number of allylic oxidation sites excluding steroid dienone is 1. The molecule has 0 N–H and O–H groups in total. The van der Waals surface area contributed by atoms with E-state index in [0.29, 0.717) is 5.92 Å². The number of hydrogen-bond acceptors (Lipinski definition) is 3. The van der Waals surface area contributed by atoms with Crippen molar-refractivity contribution in [3.05, 3.63) is 11.6 Å². The van der Waals surface area contributed by atoms with Crippen molar-refractivity contribution >= 4 is 15.9 Å². The molecular weight excluding hydrogens is 334 g/mol. The normalized spacial score (nSPS) is 35.5. The molecule has 0 aromatic rings. The highest BCUT2D eigenvalue weighted by molar-refractivity contribution is 7.90. The van der Waals surface area contributed by atoms with Crippen LogP contribution in [0.1, 0.15) is 73.1 Å². The summed E-state index contributed by atoms with van der Waals surface area (Å²) < 4.78 is 27.4. The van der Waals surface area contributed by atoms with E-state index in [9.17, 15) is 13.2 Å². The van der Waals surface area contributed by atoms with Crippen molar-refractivity contribution in [2.45, 2.75) is 79.2 Å². The Morgan fingerprint density at radius 3 is 2.56 bits per heavy atom. The Kier molecular flexibility index (Phi) is 4.62. The second-order valence-electron chi connectivity index (χ2n) is 9.25. The highest BCUT2D eigenvalue weighted by atomic mass is 32.2. The molecule has 1 spiro atoms. The molecule has 0 aromatic carbocycles. The number of hydrogen-bond donors (Lipinski definition) is 0. The third kappa shape index (κ3) is 2.68. The van der Waals surface area contributed by atoms with E-state index in [1.807, 2.05) is 19.9 Å². The van der Waals surface area contributed by atoms with Crippen molar-refractivity contribution in [3.8, 4) is 0 Å². The van der Waals surface area contributed by atoms with Gasteiger partial charge < -0.3 is 0 Å². The number of sulfonamides is 1. The van der Waals surface area contributed by atoms with Crippen LogP contribution in [0.5, 0.6) is 0 Å². The summed E-state index contributed by atoms with van der Waals surface area (Å²) in [6.45, 7) is 10.5. The first-order chi connectivity index (χ1) is 11.6. The number of amides is 1. The number of fused-ring (bicyclic) bond motifs is 1. The fourth-order valence-electron chi connectivity index (χ4n) is 5.85. The molecular formula is C20H33NO3S. The van der Waals surface area contributed by atoms with E-state index in [1.54, 1.807) is 0 Å². The van der Waals surface area contributed by atoms with Gasteiger partial charge in [0.2, 0.25) is 15.9 Å². The Morgan fingerprint density at radius 1 is 1.32 bits per heavy atom. The zero-order chi connectivity index (χ0) is 18.6. The zero-order valence-electron chi connectivity index (χ0n) is 16.3. The molecule has 0 unspecified atom stereocenters. The summed E-state index contributed by atoms with van der Waals surface area (Å²) in [5, 5.41) is 0. The lowest BCUT2D eigenvalue weighted by Crippen LogP contribution is -2.46. The number of rotatable bonds is 5. The van der Waals surface area contributed by atoms with E-state index in [2.05, 4.69) is 20.8 Å². The minimum Gasteiger partial charge on any atom is -0.273 e. The molecule has 1 heterocycles. The van der Waals surface area contributed by atoms with Crippen LogP contribution in [0.3, 0.4) is 0 Å². The van der Waals surface area contributed by atoms with Gasteiger partial charge >= 0.3 is 0 Å². The minimum absolute atomic E-state index is 0.00912. The van der Waals surface area contributed by atoms with E-state index in [-0.39, 0.29) is 34.4 Å². The second-order valence-corrected chi connectivity index (χ2v) is 11.1. The smallest absolute Gasteiger partial charge is 0.243 e. The van der Waals surface area contributed by atoms with Crippen molar-refractivity contribution < 1.29 is 13.2 Å². The van der Waals surface area contributed by atoms with E-state index in [4.69, 9.17) is 0 Å². The van der Waals surface area contributed by atoms with E-state index in [1.165, 1.54) is 4.31 Å². The number of carbonyl (C=O) groups is 1. The molecule has 0 aromatic heterocycles. The molecule has 4 nitrogen and oxygen atoms in total. The topological polar surface area (TPSA) is 54.5 Å². The fraction of sp³-hybridized carbons (Fsp3) is 0.850. The third-order valence-electron chi connectivity index (χ3n) is 7.35. The molecule has 3 rings (SSSR count). The Balaban J connectivity index is 1.96. The Hall–Kier alpha value is -0.840. The minimum atomic E-state index is -3.51. The van der Waals surface area contributed by atoms with Gasteiger partial charge in [0.1, 0.15) is 0 Å². The van der Waals surface area contributed by atoms with Gasteiger partial charge in [0, 0.05) is 5.41 Å². The molecule has 1 saturated heterocycles. The van der Waals surface area contributed by atoms with Crippen LogP contribution in [0.4, 0.5) is 0 Å². The van der Waals surface area contributed by atoms with Crippen molar-refractivity contribution in [3.63, 3.8) is 0 Å². The molecule has 2 aliphatic carbocycles. The predicted molar refractivity (Wildman–Crippen MR) is 100 cm³/mol. The standard InChI is InChI=1S/C20H33NO3S/c1-6-7-8-15(11-14(2)3)18(22)21-17-12-16-9-10-20(17,19(16,4)5)13-25(21,23)24/h11,15-17H,6-10,12-13H2,1-5H3/t15-,16-,17-,20-/m1/s1. The highest BCUT2D eigenvalue weighted by Crippen LogP contribution is 2.70. The van der Waals surface area contributed by atoms with Crippen molar-refractivity contribution in [2.75, 3.05) is 5.75 Å². The van der Waals surface area contributed by atoms with Gasteiger partial charge in [0.25, 0.3) is 0 Å². The number of carbonyl (C=O) groups excluding carboxylic acids is 1. The Labute approximate surface area is 153 Å². The third-order valence-corrected chi connectivity index (χ3v) is 9.26. The largest absolute Gasteiger partial charge is 0.273 e.